The maximum Gasteiger partial charge on any atom is 0.222 e. The van der Waals surface area contributed by atoms with Crippen molar-refractivity contribution in [2.45, 2.75) is 60.8 Å². The molecule has 0 atom stereocenters. The number of nitrogens with zero attached hydrogens (tertiary/aromatic N) is 1. The van der Waals surface area contributed by atoms with E-state index in [1.54, 1.807) is 0 Å². The van der Waals surface area contributed by atoms with E-state index in [0.717, 1.165) is 19.4 Å². The van der Waals surface area contributed by atoms with Gasteiger partial charge >= 0.3 is 0 Å². The molecule has 0 rings (SSSR count). The van der Waals surface area contributed by atoms with Crippen LogP contribution in [0.5, 0.6) is 0 Å². The highest BCUT2D eigenvalue weighted by Crippen LogP contribution is 2.18. The zero-order valence-electron chi connectivity index (χ0n) is 11.7. The van der Waals surface area contributed by atoms with Gasteiger partial charge in [0.05, 0.1) is 0 Å². The van der Waals surface area contributed by atoms with Crippen LogP contribution in [0, 0.1) is 5.41 Å². The Labute approximate surface area is 96.0 Å². The summed E-state index contributed by atoms with van der Waals surface area (Å²) in [4.78, 5) is 13.2. The minimum atomic E-state index is 0.270. The molecule has 2 heteroatoms. The molecule has 0 aliphatic heterocycles. The quantitative estimate of drug-likeness (QED) is 0.700. The van der Waals surface area contributed by atoms with E-state index in [4.69, 9.17) is 0 Å². The van der Waals surface area contributed by atoms with Gasteiger partial charge in [0.15, 0.2) is 0 Å². The second-order valence-electron chi connectivity index (χ2n) is 4.88. The lowest BCUT2D eigenvalue weighted by Gasteiger charge is -2.23. The Balaban J connectivity index is 0. The van der Waals surface area contributed by atoms with Gasteiger partial charge in [-0.2, -0.15) is 0 Å². The van der Waals surface area contributed by atoms with Gasteiger partial charge in [0.25, 0.3) is 0 Å². The van der Waals surface area contributed by atoms with Crippen LogP contribution in [0.3, 0.4) is 0 Å². The molecule has 0 aliphatic carbocycles. The SMILES string of the molecule is CC.CCCC(=O)N(C)CCC(C)(C)C. The number of amides is 1. The molecule has 0 aromatic rings. The van der Waals surface area contributed by atoms with E-state index in [-0.39, 0.29) is 5.91 Å². The Morgan fingerprint density at radius 3 is 2.00 bits per heavy atom. The first-order valence-electron chi connectivity index (χ1n) is 6.11. The maximum atomic E-state index is 11.4. The monoisotopic (exact) mass is 215 g/mol. The third kappa shape index (κ3) is 11.4. The molecule has 0 radical (unpaired) electrons. The first-order chi connectivity index (χ1) is 6.87. The van der Waals surface area contributed by atoms with Crippen LogP contribution in [0.4, 0.5) is 0 Å². The van der Waals surface area contributed by atoms with Gasteiger partial charge in [-0.3, -0.25) is 4.79 Å². The molecule has 0 fully saturated rings. The lowest BCUT2D eigenvalue weighted by molar-refractivity contribution is -0.130. The third-order valence-electron chi connectivity index (χ3n) is 2.09. The second-order valence-corrected chi connectivity index (χ2v) is 4.88. The highest BCUT2D eigenvalue weighted by Gasteiger charge is 2.13. The van der Waals surface area contributed by atoms with Crippen LogP contribution >= 0.6 is 0 Å². The Kier molecular flexibility index (Phi) is 9.85. The molecule has 0 N–H and O–H groups in total. The van der Waals surface area contributed by atoms with Gasteiger partial charge in [0, 0.05) is 20.0 Å². The minimum absolute atomic E-state index is 0.270. The fourth-order valence-corrected chi connectivity index (χ4v) is 1.03. The molecule has 0 spiro atoms. The van der Waals surface area contributed by atoms with E-state index in [0.29, 0.717) is 11.8 Å². The van der Waals surface area contributed by atoms with Crippen molar-refractivity contribution < 1.29 is 4.79 Å². The normalized spacial score (nSPS) is 10.3. The van der Waals surface area contributed by atoms with E-state index in [9.17, 15) is 4.79 Å². The molecule has 15 heavy (non-hydrogen) atoms. The summed E-state index contributed by atoms with van der Waals surface area (Å²) in [5, 5.41) is 0. The van der Waals surface area contributed by atoms with Crippen LogP contribution in [0.2, 0.25) is 0 Å². The number of rotatable bonds is 4. The van der Waals surface area contributed by atoms with Crippen molar-refractivity contribution in [3.8, 4) is 0 Å². The topological polar surface area (TPSA) is 20.3 Å². The standard InChI is InChI=1S/C11H23NO.C2H6/c1-6-7-10(13)12(5)9-8-11(2,3)4;1-2/h6-9H2,1-5H3;1-2H3. The molecule has 1 amide bonds. The molecule has 2 nitrogen and oxygen atoms in total. The summed E-state index contributed by atoms with van der Waals surface area (Å²) in [7, 11) is 1.89. The van der Waals surface area contributed by atoms with Gasteiger partial charge in [0.2, 0.25) is 5.91 Å². The van der Waals surface area contributed by atoms with Crippen molar-refractivity contribution >= 4 is 5.91 Å². The highest BCUT2D eigenvalue weighted by atomic mass is 16.2. The van der Waals surface area contributed by atoms with Gasteiger partial charge in [-0.05, 0) is 18.3 Å². The van der Waals surface area contributed by atoms with Crippen LogP contribution in [0.25, 0.3) is 0 Å². The number of carbonyl (C=O) groups is 1. The van der Waals surface area contributed by atoms with E-state index >= 15 is 0 Å². The lowest BCUT2D eigenvalue weighted by Crippen LogP contribution is -2.29. The molecule has 0 unspecified atom stereocenters. The molecule has 0 saturated heterocycles. The number of carbonyl (C=O) groups excluding carboxylic acids is 1. The summed E-state index contributed by atoms with van der Waals surface area (Å²) >= 11 is 0. The number of hydrogen-bond donors (Lipinski definition) is 0. The maximum absolute atomic E-state index is 11.4. The zero-order chi connectivity index (χ0) is 12.5. The fraction of sp³-hybridized carbons (Fsp3) is 0.923. The zero-order valence-corrected chi connectivity index (χ0v) is 11.7. The van der Waals surface area contributed by atoms with Crippen LogP contribution in [-0.4, -0.2) is 24.4 Å². The molecule has 0 saturated carbocycles. The first-order valence-corrected chi connectivity index (χ1v) is 6.11. The predicted molar refractivity (Wildman–Crippen MR) is 68.0 cm³/mol. The van der Waals surface area contributed by atoms with Gasteiger partial charge in [0.1, 0.15) is 0 Å². The van der Waals surface area contributed by atoms with Crippen molar-refractivity contribution in [1.82, 2.24) is 4.90 Å². The molecule has 0 heterocycles. The second kappa shape index (κ2) is 8.75. The van der Waals surface area contributed by atoms with Crippen LogP contribution in [0.1, 0.15) is 60.8 Å². The van der Waals surface area contributed by atoms with Gasteiger partial charge in [-0.25, -0.2) is 0 Å². The predicted octanol–water partition coefficient (Wildman–Crippen LogP) is 3.71. The number of hydrogen-bond acceptors (Lipinski definition) is 1. The van der Waals surface area contributed by atoms with E-state index < -0.39 is 0 Å². The Morgan fingerprint density at radius 2 is 1.67 bits per heavy atom. The molecule has 0 bridgehead atoms. The lowest BCUT2D eigenvalue weighted by atomic mass is 9.92. The molecule has 92 valence electrons. The highest BCUT2D eigenvalue weighted by molar-refractivity contribution is 5.75. The fourth-order valence-electron chi connectivity index (χ4n) is 1.03. The summed E-state index contributed by atoms with van der Waals surface area (Å²) in [6, 6.07) is 0. The van der Waals surface area contributed by atoms with Crippen molar-refractivity contribution in [3.05, 3.63) is 0 Å². The summed E-state index contributed by atoms with van der Waals surface area (Å²) in [5.41, 5.74) is 0.320. The van der Waals surface area contributed by atoms with Gasteiger partial charge < -0.3 is 4.90 Å². The van der Waals surface area contributed by atoms with Crippen molar-refractivity contribution in [2.24, 2.45) is 5.41 Å². The minimum Gasteiger partial charge on any atom is -0.346 e. The largest absolute Gasteiger partial charge is 0.346 e. The van der Waals surface area contributed by atoms with E-state index in [2.05, 4.69) is 20.8 Å². The van der Waals surface area contributed by atoms with Crippen LogP contribution in [0.15, 0.2) is 0 Å². The molecule has 0 aromatic heterocycles. The van der Waals surface area contributed by atoms with Crippen LogP contribution < -0.4 is 0 Å². The molecule has 0 aromatic carbocycles. The van der Waals surface area contributed by atoms with Gasteiger partial charge in [-0.1, -0.05) is 41.5 Å². The first kappa shape index (κ1) is 16.9. The van der Waals surface area contributed by atoms with Gasteiger partial charge in [-0.15, -0.1) is 0 Å². The average molecular weight is 215 g/mol. The Bertz CT molecular complexity index is 158. The average Bonchev–Trinajstić information content (AvgIpc) is 2.16. The van der Waals surface area contributed by atoms with Crippen LogP contribution in [-0.2, 0) is 4.79 Å². The third-order valence-corrected chi connectivity index (χ3v) is 2.09. The summed E-state index contributed by atoms with van der Waals surface area (Å²) in [6.45, 7) is 13.5. The van der Waals surface area contributed by atoms with Crippen molar-refractivity contribution in [1.29, 1.82) is 0 Å². The summed E-state index contributed by atoms with van der Waals surface area (Å²) in [5.74, 6) is 0.270. The summed E-state index contributed by atoms with van der Waals surface area (Å²) < 4.78 is 0. The van der Waals surface area contributed by atoms with E-state index in [1.807, 2.05) is 32.7 Å². The Morgan fingerprint density at radius 1 is 1.20 bits per heavy atom. The molecule has 0 aliphatic rings. The van der Waals surface area contributed by atoms with Crippen molar-refractivity contribution in [2.75, 3.05) is 13.6 Å². The molecular formula is C13H29NO. The molecular weight excluding hydrogens is 186 g/mol. The Hall–Kier alpha value is -0.530. The van der Waals surface area contributed by atoms with Crippen molar-refractivity contribution in [3.63, 3.8) is 0 Å². The smallest absolute Gasteiger partial charge is 0.222 e. The summed E-state index contributed by atoms with van der Waals surface area (Å²) in [6.07, 6.45) is 2.69. The van der Waals surface area contributed by atoms with E-state index in [1.165, 1.54) is 0 Å².